The number of esters is 1. The van der Waals surface area contributed by atoms with Crippen LogP contribution in [0.25, 0.3) is 0 Å². The molecule has 9 atom stereocenters. The number of ketones is 3. The van der Waals surface area contributed by atoms with Crippen LogP contribution in [0.1, 0.15) is 143 Å². The number of Topliss-reactive ketones (excluding diaryl/α,β-unsaturated/α-hetero) is 3. The molecule has 2 fully saturated rings. The molecule has 0 aliphatic carbocycles. The number of amides is 6. The van der Waals surface area contributed by atoms with Gasteiger partial charge in [0.25, 0.3) is 0 Å². The number of likely N-dealkylation sites (tertiary alicyclic amines) is 1. The van der Waals surface area contributed by atoms with Gasteiger partial charge in [0.1, 0.15) is 35.8 Å². The quantitative estimate of drug-likeness (QED) is 0.0549. The lowest BCUT2D eigenvalue weighted by Gasteiger charge is -2.34. The zero-order chi connectivity index (χ0) is 56.9. The minimum Gasteiger partial charge on any atom is -0.495 e. The highest BCUT2D eigenvalue weighted by molar-refractivity contribution is 6.32. The number of nitrogens with zero attached hydrogens (tertiary/aromatic N) is 1. The molecular weight excluding hydrogens is 1010 g/mol. The molecule has 2 aromatic carbocycles. The summed E-state index contributed by atoms with van der Waals surface area (Å²) in [6.45, 7) is 15.8. The molecule has 6 amide bonds. The second kappa shape index (κ2) is 27.9. The van der Waals surface area contributed by atoms with E-state index in [9.17, 15) is 47.9 Å². The third-order valence-corrected chi connectivity index (χ3v) is 15.2. The van der Waals surface area contributed by atoms with Crippen LogP contribution in [0.2, 0.25) is 5.02 Å². The lowest BCUT2D eigenvalue weighted by atomic mass is 9.83. The zero-order valence-corrected chi connectivity index (χ0v) is 46.9. The smallest absolute Gasteiger partial charge is 0.328 e. The van der Waals surface area contributed by atoms with Gasteiger partial charge in [-0.15, -0.1) is 0 Å². The number of hydrogen-bond donors (Lipinski definition) is 4. The zero-order valence-electron chi connectivity index (χ0n) is 46.2. The number of rotatable bonds is 23. The highest BCUT2D eigenvalue weighted by Gasteiger charge is 2.48. The number of halogens is 1. The molecule has 0 bridgehead atoms. The molecule has 3 heterocycles. The van der Waals surface area contributed by atoms with Crippen LogP contribution in [0.4, 0.5) is 0 Å². The summed E-state index contributed by atoms with van der Waals surface area (Å²) in [7, 11) is 1.49. The molecule has 2 saturated heterocycles. The summed E-state index contributed by atoms with van der Waals surface area (Å²) in [5.41, 5.74) is 1.21. The molecule has 77 heavy (non-hydrogen) atoms. The fraction of sp³-hybridized carbons (Fsp3) is 0.586. The second-order valence-electron chi connectivity index (χ2n) is 22.1. The molecule has 19 heteroatoms. The Labute approximate surface area is 457 Å². The topological polar surface area (TPSA) is 253 Å². The monoisotopic (exact) mass is 1090 g/mol. The standard InChI is InChI=1S/C58H78ClN5O13/c1-32(2)27-45-56(73)76-47(15-12-16-49(68)62-44(29-38-20-24-48(75-10)43(59)28-38)55(72)61-36(7)58(8,9)57(74)63-45)34(5)52-53(77-52)39-21-17-37(18-22-39)19-23-46(67)35(6)60-54(71)42(33(3)4)30-40(65)13-11-14-41(66)31-64-50(69)25-26-51(64)70/h12,16-18,20-22,24,28,32-36,42,44-45,47,52-53H,11,13-15,19,23,25-27,29-31H2,1-10H3,(H,60,71)(H,61,72)(H,62,68)(H,63,74)/b16-12+/t34-,35-,36?,42-,44+,45-,47-,52+,53+/m0/s1. The van der Waals surface area contributed by atoms with Gasteiger partial charge in [-0.05, 0) is 93.7 Å². The van der Waals surface area contributed by atoms with E-state index < -0.39 is 71.2 Å². The van der Waals surface area contributed by atoms with E-state index in [2.05, 4.69) is 21.3 Å². The molecule has 0 radical (unpaired) electrons. The van der Waals surface area contributed by atoms with Crippen LogP contribution in [0, 0.1) is 29.1 Å². The minimum atomic E-state index is -1.21. The van der Waals surface area contributed by atoms with Crippen LogP contribution < -0.4 is 26.0 Å². The normalized spacial score (nSPS) is 23.8. The number of carbonyl (C=O) groups excluding carboxylic acids is 10. The molecule has 0 saturated carbocycles. The third kappa shape index (κ3) is 17.6. The number of methoxy groups -OCH3 is 1. The van der Waals surface area contributed by atoms with Crippen molar-refractivity contribution >= 4 is 70.4 Å². The molecular formula is C58H78ClN5O13. The number of benzene rings is 2. The van der Waals surface area contributed by atoms with Crippen LogP contribution in [0.3, 0.4) is 0 Å². The van der Waals surface area contributed by atoms with Gasteiger partial charge in [-0.25, -0.2) is 4.79 Å². The lowest BCUT2D eigenvalue weighted by molar-refractivity contribution is -0.157. The number of carbonyl (C=O) groups is 10. The van der Waals surface area contributed by atoms with Crippen LogP contribution in [0.5, 0.6) is 5.75 Å². The number of cyclic esters (lactones) is 1. The fourth-order valence-electron chi connectivity index (χ4n) is 9.41. The number of ether oxygens (including phenoxy) is 3. The van der Waals surface area contributed by atoms with E-state index >= 15 is 0 Å². The first kappa shape index (κ1) is 61.6. The van der Waals surface area contributed by atoms with Gasteiger partial charge in [0.2, 0.25) is 35.4 Å². The van der Waals surface area contributed by atoms with Crippen molar-refractivity contribution in [2.75, 3.05) is 13.7 Å². The largest absolute Gasteiger partial charge is 0.495 e. The molecule has 1 unspecified atom stereocenters. The van der Waals surface area contributed by atoms with E-state index in [4.69, 9.17) is 25.8 Å². The number of hydrogen-bond acceptors (Lipinski definition) is 13. The van der Waals surface area contributed by atoms with Crippen molar-refractivity contribution in [3.05, 3.63) is 76.3 Å². The van der Waals surface area contributed by atoms with E-state index in [1.807, 2.05) is 58.9 Å². The molecule has 5 rings (SSSR count). The van der Waals surface area contributed by atoms with Gasteiger partial charge in [-0.3, -0.25) is 48.1 Å². The Balaban J connectivity index is 1.19. The minimum absolute atomic E-state index is 0.00146. The summed E-state index contributed by atoms with van der Waals surface area (Å²) in [5.74, 6) is -4.83. The molecule has 4 N–H and O–H groups in total. The van der Waals surface area contributed by atoms with Crippen molar-refractivity contribution < 1.29 is 62.2 Å². The summed E-state index contributed by atoms with van der Waals surface area (Å²) >= 11 is 6.40. The highest BCUT2D eigenvalue weighted by Crippen LogP contribution is 2.45. The summed E-state index contributed by atoms with van der Waals surface area (Å²) in [6, 6.07) is 9.12. The maximum Gasteiger partial charge on any atom is 0.328 e. The number of epoxide rings is 1. The van der Waals surface area contributed by atoms with Crippen LogP contribution in [-0.2, 0) is 70.3 Å². The average Bonchev–Trinajstić information content (AvgIpc) is 4.11. The van der Waals surface area contributed by atoms with Gasteiger partial charge < -0.3 is 35.5 Å². The first-order chi connectivity index (χ1) is 36.3. The van der Waals surface area contributed by atoms with E-state index in [0.29, 0.717) is 22.8 Å². The van der Waals surface area contributed by atoms with Crippen molar-refractivity contribution in [1.82, 2.24) is 26.2 Å². The van der Waals surface area contributed by atoms with Gasteiger partial charge in [0.15, 0.2) is 11.6 Å². The Morgan fingerprint density at radius 3 is 2.12 bits per heavy atom. The summed E-state index contributed by atoms with van der Waals surface area (Å²) < 4.78 is 17.7. The Bertz CT molecular complexity index is 2530. The number of nitrogens with one attached hydrogen (secondary N) is 4. The number of aryl methyl sites for hydroxylation is 1. The van der Waals surface area contributed by atoms with Crippen molar-refractivity contribution in [1.29, 1.82) is 0 Å². The van der Waals surface area contributed by atoms with Crippen molar-refractivity contribution in [2.45, 2.75) is 175 Å². The Kier molecular flexibility index (Phi) is 22.3. The van der Waals surface area contributed by atoms with Gasteiger partial charge in [0.05, 0.1) is 36.2 Å². The van der Waals surface area contributed by atoms with E-state index in [0.717, 1.165) is 16.0 Å². The highest BCUT2D eigenvalue weighted by atomic mass is 35.5. The Morgan fingerprint density at radius 1 is 0.844 bits per heavy atom. The predicted molar refractivity (Wildman–Crippen MR) is 287 cm³/mol. The van der Waals surface area contributed by atoms with Gasteiger partial charge >= 0.3 is 5.97 Å². The first-order valence-electron chi connectivity index (χ1n) is 26.8. The van der Waals surface area contributed by atoms with Crippen LogP contribution in [0.15, 0.2) is 54.6 Å². The first-order valence-corrected chi connectivity index (χ1v) is 27.2. The van der Waals surface area contributed by atoms with Crippen molar-refractivity contribution in [3.8, 4) is 5.75 Å². The van der Waals surface area contributed by atoms with Gasteiger partial charge in [0, 0.05) is 69.2 Å². The number of imide groups is 1. The summed E-state index contributed by atoms with van der Waals surface area (Å²) in [4.78, 5) is 132. The molecule has 2 aromatic rings. The third-order valence-electron chi connectivity index (χ3n) is 14.9. The van der Waals surface area contributed by atoms with E-state index in [1.165, 1.54) is 13.2 Å². The Morgan fingerprint density at radius 2 is 1.49 bits per heavy atom. The molecule has 0 spiro atoms. The van der Waals surface area contributed by atoms with E-state index in [1.54, 1.807) is 52.0 Å². The molecule has 18 nitrogen and oxygen atoms in total. The molecule has 0 aromatic heterocycles. The summed E-state index contributed by atoms with van der Waals surface area (Å²) in [5, 5.41) is 11.7. The maximum atomic E-state index is 14.1. The lowest BCUT2D eigenvalue weighted by Crippen LogP contribution is -2.58. The molecule has 3 aliphatic rings. The maximum absolute atomic E-state index is 14.1. The molecule has 3 aliphatic heterocycles. The Hall–Kier alpha value is -6.27. The second-order valence-corrected chi connectivity index (χ2v) is 22.5. The van der Waals surface area contributed by atoms with Crippen molar-refractivity contribution in [2.24, 2.45) is 29.1 Å². The average molecular weight is 1090 g/mol. The fourth-order valence-corrected chi connectivity index (χ4v) is 9.69. The van der Waals surface area contributed by atoms with Crippen LogP contribution >= 0.6 is 11.6 Å². The SMILES string of the molecule is COc1ccc(C[C@H]2NC(=O)/C=C/C[C@@H]([C@H](C)[C@H]3O[C@@H]3c3ccc(CCC(=O)[C@H](C)NC(=O)[C@@H](CC(=O)CCCC(=O)CN4C(=O)CCC4=O)C(C)C)cc3)OC(=O)[C@H](CC(C)C)NC(=O)C(C)(C)C(C)NC2=O)cc1Cl. The van der Waals surface area contributed by atoms with Crippen molar-refractivity contribution in [3.63, 3.8) is 0 Å². The van der Waals surface area contributed by atoms with E-state index in [-0.39, 0.29) is 130 Å². The van der Waals surface area contributed by atoms with Crippen LogP contribution in [-0.4, -0.2) is 114 Å². The van der Waals surface area contributed by atoms with Gasteiger partial charge in [-0.2, -0.15) is 0 Å². The van der Waals surface area contributed by atoms with Gasteiger partial charge in [-0.1, -0.05) is 82.6 Å². The summed E-state index contributed by atoms with van der Waals surface area (Å²) in [6.07, 6.45) is 2.89. The molecule has 420 valence electrons. The predicted octanol–water partition coefficient (Wildman–Crippen LogP) is 6.21.